The molecule has 1 aromatic heterocycles. The number of anilines is 2. The van der Waals surface area contributed by atoms with Crippen LogP contribution in [0.5, 0.6) is 0 Å². The molecule has 1 aliphatic carbocycles. The zero-order valence-corrected chi connectivity index (χ0v) is 19.1. The third-order valence-electron chi connectivity index (χ3n) is 6.48. The van der Waals surface area contributed by atoms with Crippen LogP contribution in [0.3, 0.4) is 0 Å². The number of carbonyl (C=O) groups is 1. The number of hydrogen-bond acceptors (Lipinski definition) is 4. The maximum atomic E-state index is 13.8. The van der Waals surface area contributed by atoms with E-state index in [0.29, 0.717) is 17.3 Å². The highest BCUT2D eigenvalue weighted by atomic mass is 32.2. The molecule has 0 saturated heterocycles. The fourth-order valence-electron chi connectivity index (χ4n) is 4.68. The van der Waals surface area contributed by atoms with Crippen molar-refractivity contribution in [2.75, 3.05) is 10.0 Å². The number of carbonyl (C=O) groups excluding carboxylic acids is 1. The third kappa shape index (κ3) is 5.66. The Morgan fingerprint density at radius 3 is 2.39 bits per heavy atom. The topological polar surface area (TPSA) is 114 Å². The minimum absolute atomic E-state index is 0.0676. The Morgan fingerprint density at radius 1 is 1.06 bits per heavy atom. The molecule has 0 bridgehead atoms. The minimum atomic E-state index is -3.84. The first-order valence-corrected chi connectivity index (χ1v) is 12.5. The maximum Gasteiger partial charge on any atom is 0.296 e. The van der Waals surface area contributed by atoms with Crippen LogP contribution in [-0.2, 0) is 15.0 Å². The summed E-state index contributed by atoms with van der Waals surface area (Å²) in [7, 11) is -3.84. The van der Waals surface area contributed by atoms with Gasteiger partial charge in [-0.1, -0.05) is 6.92 Å². The van der Waals surface area contributed by atoms with Gasteiger partial charge in [-0.05, 0) is 91.6 Å². The summed E-state index contributed by atoms with van der Waals surface area (Å²) in [5, 5.41) is 8.73. The molecule has 1 amide bonds. The first-order valence-electron chi connectivity index (χ1n) is 11.0. The van der Waals surface area contributed by atoms with Gasteiger partial charge in [0.15, 0.2) is 0 Å². The molecule has 4 rings (SSSR count). The van der Waals surface area contributed by atoms with Crippen molar-refractivity contribution >= 4 is 38.4 Å². The zero-order chi connectivity index (χ0) is 23.6. The highest BCUT2D eigenvalue weighted by molar-refractivity contribution is 7.90. The average molecular weight is 471 g/mol. The molecule has 1 heterocycles. The van der Waals surface area contributed by atoms with E-state index in [-0.39, 0.29) is 23.6 Å². The molecule has 1 saturated carbocycles. The highest BCUT2D eigenvalue weighted by Gasteiger charge is 2.30. The third-order valence-corrected chi connectivity index (χ3v) is 7.00. The monoisotopic (exact) mass is 470 g/mol. The van der Waals surface area contributed by atoms with Crippen molar-refractivity contribution in [3.05, 3.63) is 66.1 Å². The number of nitrogens with one attached hydrogen (secondary N) is 2. The normalized spacial score (nSPS) is 19.7. The Morgan fingerprint density at radius 2 is 1.73 bits per heavy atom. The summed E-state index contributed by atoms with van der Waals surface area (Å²) in [6.45, 7) is 1.94. The van der Waals surface area contributed by atoms with Gasteiger partial charge in [0.25, 0.3) is 10.2 Å². The van der Waals surface area contributed by atoms with E-state index in [0.717, 1.165) is 42.1 Å². The summed E-state index contributed by atoms with van der Waals surface area (Å²) in [5.41, 5.74) is 2.84. The molecule has 3 aromatic rings. The van der Waals surface area contributed by atoms with E-state index in [1.165, 1.54) is 18.2 Å². The molecule has 1 unspecified atom stereocenters. The van der Waals surface area contributed by atoms with Gasteiger partial charge in [-0.25, -0.2) is 9.53 Å². The second kappa shape index (κ2) is 9.44. The second-order valence-corrected chi connectivity index (χ2v) is 9.97. The van der Waals surface area contributed by atoms with Crippen LogP contribution in [0.15, 0.2) is 54.7 Å². The van der Waals surface area contributed by atoms with Gasteiger partial charge >= 0.3 is 0 Å². The molecular formula is C24H27FN4O3S. The molecule has 174 valence electrons. The number of benzene rings is 2. The quantitative estimate of drug-likeness (QED) is 0.491. The SMILES string of the molecule is CC(C(=O)Nc1ccc(NS(N)(=O)=O)cc1)[C@H]1CC[C@H](c2ccnc3ccc(F)cc32)CC1. The van der Waals surface area contributed by atoms with Crippen molar-refractivity contribution in [2.24, 2.45) is 17.0 Å². The number of pyridine rings is 1. The van der Waals surface area contributed by atoms with Crippen molar-refractivity contribution in [1.29, 1.82) is 0 Å². The van der Waals surface area contributed by atoms with Gasteiger partial charge in [0.2, 0.25) is 5.91 Å². The van der Waals surface area contributed by atoms with Crippen molar-refractivity contribution < 1.29 is 17.6 Å². The fourth-order valence-corrected chi connectivity index (χ4v) is 5.15. The fraction of sp³-hybridized carbons (Fsp3) is 0.333. The molecule has 1 atom stereocenters. The van der Waals surface area contributed by atoms with Gasteiger partial charge in [-0.15, -0.1) is 0 Å². The van der Waals surface area contributed by atoms with E-state index >= 15 is 0 Å². The first-order chi connectivity index (χ1) is 15.7. The molecule has 4 N–H and O–H groups in total. The number of hydrogen-bond donors (Lipinski definition) is 3. The number of nitrogens with two attached hydrogens (primary N) is 1. The van der Waals surface area contributed by atoms with Crippen LogP contribution in [0, 0.1) is 17.7 Å². The summed E-state index contributed by atoms with van der Waals surface area (Å²) in [6.07, 6.45) is 5.48. The summed E-state index contributed by atoms with van der Waals surface area (Å²) < 4.78 is 38.2. The zero-order valence-electron chi connectivity index (χ0n) is 18.3. The number of aromatic nitrogens is 1. The van der Waals surface area contributed by atoms with E-state index in [4.69, 9.17) is 5.14 Å². The van der Waals surface area contributed by atoms with Crippen molar-refractivity contribution in [1.82, 2.24) is 4.98 Å². The summed E-state index contributed by atoms with van der Waals surface area (Å²) >= 11 is 0. The van der Waals surface area contributed by atoms with Crippen LogP contribution >= 0.6 is 0 Å². The molecule has 0 spiro atoms. The largest absolute Gasteiger partial charge is 0.326 e. The number of fused-ring (bicyclic) bond motifs is 1. The number of nitrogens with zero attached hydrogens (tertiary/aromatic N) is 1. The van der Waals surface area contributed by atoms with Crippen molar-refractivity contribution in [3.8, 4) is 0 Å². The van der Waals surface area contributed by atoms with E-state index in [9.17, 15) is 17.6 Å². The predicted octanol–water partition coefficient (Wildman–Crippen LogP) is 4.54. The second-order valence-electron chi connectivity index (χ2n) is 8.68. The van der Waals surface area contributed by atoms with Crippen LogP contribution < -0.4 is 15.2 Å². The molecule has 1 aliphatic rings. The van der Waals surface area contributed by atoms with Crippen molar-refractivity contribution in [2.45, 2.75) is 38.5 Å². The summed E-state index contributed by atoms with van der Waals surface area (Å²) in [4.78, 5) is 17.1. The van der Waals surface area contributed by atoms with Crippen LogP contribution in [0.2, 0.25) is 0 Å². The lowest BCUT2D eigenvalue weighted by molar-refractivity contribution is -0.121. The Hall–Kier alpha value is -3.04. The molecule has 7 nitrogen and oxygen atoms in total. The van der Waals surface area contributed by atoms with E-state index < -0.39 is 10.2 Å². The molecule has 0 aliphatic heterocycles. The first kappa shape index (κ1) is 23.1. The van der Waals surface area contributed by atoms with E-state index in [1.54, 1.807) is 30.5 Å². The summed E-state index contributed by atoms with van der Waals surface area (Å²) in [5.74, 6) is 0.0862. The number of halogens is 1. The smallest absolute Gasteiger partial charge is 0.296 e. The highest BCUT2D eigenvalue weighted by Crippen LogP contribution is 2.41. The lowest BCUT2D eigenvalue weighted by Crippen LogP contribution is -2.29. The predicted molar refractivity (Wildman–Crippen MR) is 127 cm³/mol. The van der Waals surface area contributed by atoms with Crippen molar-refractivity contribution in [3.63, 3.8) is 0 Å². The lowest BCUT2D eigenvalue weighted by atomic mass is 9.73. The van der Waals surface area contributed by atoms with Gasteiger partial charge in [-0.2, -0.15) is 8.42 Å². The molecular weight excluding hydrogens is 443 g/mol. The van der Waals surface area contributed by atoms with Gasteiger partial charge in [0.05, 0.1) is 5.52 Å². The molecule has 9 heteroatoms. The van der Waals surface area contributed by atoms with Crippen LogP contribution in [0.4, 0.5) is 15.8 Å². The van der Waals surface area contributed by atoms with Gasteiger partial charge in [0.1, 0.15) is 5.82 Å². The van der Waals surface area contributed by atoms with Gasteiger partial charge in [-0.3, -0.25) is 14.5 Å². The Balaban J connectivity index is 1.36. The molecule has 1 fully saturated rings. The standard InChI is InChI=1S/C24H27FN4O3S/c1-15(24(30)28-19-7-9-20(10-8-19)29-33(26,31)32)16-2-4-17(5-3-16)21-12-13-27-23-11-6-18(25)14-22(21)23/h6-17,29H,2-5H2,1H3,(H,28,30)(H2,26,31,32)/t15?,16-,17-. The number of rotatable bonds is 6. The lowest BCUT2D eigenvalue weighted by Gasteiger charge is -2.32. The van der Waals surface area contributed by atoms with Gasteiger partial charge < -0.3 is 5.32 Å². The van der Waals surface area contributed by atoms with Crippen LogP contribution in [0.1, 0.15) is 44.1 Å². The average Bonchev–Trinajstić information content (AvgIpc) is 2.78. The summed E-state index contributed by atoms with van der Waals surface area (Å²) in [6, 6.07) is 13.0. The Kier molecular flexibility index (Phi) is 6.62. The molecule has 2 aromatic carbocycles. The molecule has 33 heavy (non-hydrogen) atoms. The minimum Gasteiger partial charge on any atom is -0.326 e. The Bertz CT molecular complexity index is 1260. The Labute approximate surface area is 192 Å². The number of amides is 1. The van der Waals surface area contributed by atoms with Crippen LogP contribution in [0.25, 0.3) is 10.9 Å². The van der Waals surface area contributed by atoms with E-state index in [2.05, 4.69) is 15.0 Å². The van der Waals surface area contributed by atoms with Gasteiger partial charge in [0, 0.05) is 28.9 Å². The van der Waals surface area contributed by atoms with Crippen LogP contribution in [-0.4, -0.2) is 19.3 Å². The maximum absolute atomic E-state index is 13.8. The molecule has 0 radical (unpaired) electrons. The van der Waals surface area contributed by atoms with E-state index in [1.807, 2.05) is 13.0 Å².